The molecular weight excluding hydrogens is 415 g/mol. The van der Waals surface area contributed by atoms with Crippen molar-refractivity contribution in [1.29, 1.82) is 0 Å². The molecule has 0 fully saturated rings. The number of carbonyl (C=O) groups excluding carboxylic acids is 1. The van der Waals surface area contributed by atoms with E-state index in [2.05, 4.69) is 38.2 Å². The van der Waals surface area contributed by atoms with Crippen molar-refractivity contribution in [3.05, 3.63) is 47.1 Å². The molecule has 0 bridgehead atoms. The van der Waals surface area contributed by atoms with Gasteiger partial charge in [-0.2, -0.15) is 24.9 Å². The van der Waals surface area contributed by atoms with Crippen LogP contribution in [-0.2, 0) is 9.59 Å². The van der Waals surface area contributed by atoms with Gasteiger partial charge in [0.25, 0.3) is 0 Å². The number of amides is 1. The normalized spacial score (nSPS) is 14.0. The minimum absolute atomic E-state index is 0.0636. The van der Waals surface area contributed by atoms with Crippen LogP contribution in [0.3, 0.4) is 0 Å². The van der Waals surface area contributed by atoms with Crippen LogP contribution in [0.5, 0.6) is 0 Å². The van der Waals surface area contributed by atoms with Gasteiger partial charge in [-0.05, 0) is 53.4 Å². The molecule has 0 unspecified atom stereocenters. The van der Waals surface area contributed by atoms with Crippen molar-refractivity contribution < 1.29 is 27.9 Å². The standard InChI is InChI=1S/C22H32F3NO3S/c1-16(2)7-5-8-17(3)9-6-10-18(4)12-14-30-15-19(21(28)29)26-20(27)11-13-22(23,24)25/h7,9,11-13,19H,5-6,8,10,14-15H2,1-4H3,(H,26,27)(H,28,29)/b13-11+,17-9+,18-12+/t19-/m0/s1. The first-order valence-corrected chi connectivity index (χ1v) is 10.9. The Kier molecular flexibility index (Phi) is 14.0. The SMILES string of the molecule is CC(C)=CCC/C(C)=C/CC/C(C)=C/CSC[C@H](NC(=O)/C=C/C(F)(F)F)C(=O)O. The van der Waals surface area contributed by atoms with Gasteiger partial charge in [-0.25, -0.2) is 4.79 Å². The summed E-state index contributed by atoms with van der Waals surface area (Å²) >= 11 is 1.30. The van der Waals surface area contributed by atoms with E-state index in [0.717, 1.165) is 25.7 Å². The number of hydrogen-bond donors (Lipinski definition) is 2. The van der Waals surface area contributed by atoms with E-state index in [9.17, 15) is 22.8 Å². The predicted octanol–water partition coefficient (Wildman–Crippen LogP) is 5.83. The largest absolute Gasteiger partial charge is 0.480 e. The topological polar surface area (TPSA) is 66.4 Å². The molecule has 8 heteroatoms. The number of rotatable bonds is 13. The van der Waals surface area contributed by atoms with Gasteiger partial charge in [0.15, 0.2) is 0 Å². The van der Waals surface area contributed by atoms with E-state index < -0.39 is 24.1 Å². The predicted molar refractivity (Wildman–Crippen MR) is 117 cm³/mol. The van der Waals surface area contributed by atoms with Crippen LogP contribution in [0.1, 0.15) is 53.4 Å². The molecule has 0 aliphatic carbocycles. The summed E-state index contributed by atoms with van der Waals surface area (Å²) in [6, 6.07) is -1.25. The van der Waals surface area contributed by atoms with Crippen LogP contribution >= 0.6 is 11.8 Å². The maximum absolute atomic E-state index is 12.1. The van der Waals surface area contributed by atoms with Crippen molar-refractivity contribution in [3.63, 3.8) is 0 Å². The Morgan fingerprint density at radius 2 is 1.57 bits per heavy atom. The molecule has 0 heterocycles. The van der Waals surface area contributed by atoms with E-state index >= 15 is 0 Å². The van der Waals surface area contributed by atoms with E-state index in [1.54, 1.807) is 0 Å². The molecule has 4 nitrogen and oxygen atoms in total. The summed E-state index contributed by atoms with van der Waals surface area (Å²) in [6.45, 7) is 8.30. The van der Waals surface area contributed by atoms with Crippen molar-refractivity contribution in [2.75, 3.05) is 11.5 Å². The van der Waals surface area contributed by atoms with Crippen molar-refractivity contribution in [2.24, 2.45) is 0 Å². The van der Waals surface area contributed by atoms with Crippen molar-refractivity contribution >= 4 is 23.6 Å². The van der Waals surface area contributed by atoms with E-state index in [1.165, 1.54) is 28.5 Å². The number of hydrogen-bond acceptors (Lipinski definition) is 3. The number of nitrogens with one attached hydrogen (secondary N) is 1. The van der Waals surface area contributed by atoms with Crippen molar-refractivity contribution in [1.82, 2.24) is 5.32 Å². The third-order valence-electron chi connectivity index (χ3n) is 4.00. The first-order chi connectivity index (χ1) is 13.9. The molecule has 0 aliphatic rings. The molecule has 0 saturated carbocycles. The minimum atomic E-state index is -4.62. The summed E-state index contributed by atoms with van der Waals surface area (Å²) in [5.74, 6) is -1.74. The second-order valence-corrected chi connectivity index (χ2v) is 8.35. The second-order valence-electron chi connectivity index (χ2n) is 7.27. The zero-order valence-electron chi connectivity index (χ0n) is 18.0. The van der Waals surface area contributed by atoms with Crippen LogP contribution in [0.15, 0.2) is 47.1 Å². The molecule has 0 aliphatic heterocycles. The molecule has 0 aromatic rings. The van der Waals surface area contributed by atoms with E-state index in [0.29, 0.717) is 11.8 Å². The Balaban J connectivity index is 4.32. The van der Waals surface area contributed by atoms with Gasteiger partial charge < -0.3 is 10.4 Å². The summed E-state index contributed by atoms with van der Waals surface area (Å²) in [6.07, 6.45) is 5.83. The zero-order chi connectivity index (χ0) is 23.2. The fourth-order valence-corrected chi connectivity index (χ4v) is 3.29. The number of allylic oxidation sites excluding steroid dienone is 6. The molecule has 0 saturated heterocycles. The lowest BCUT2D eigenvalue weighted by Crippen LogP contribution is -2.42. The number of aliphatic carboxylic acids is 1. The Morgan fingerprint density at radius 1 is 1.00 bits per heavy atom. The average Bonchev–Trinajstić information content (AvgIpc) is 2.61. The molecule has 1 atom stereocenters. The van der Waals surface area contributed by atoms with Crippen LogP contribution < -0.4 is 5.32 Å². The number of thioether (sulfide) groups is 1. The number of alkyl halides is 3. The summed E-state index contributed by atoms with van der Waals surface area (Å²) in [5, 5.41) is 11.2. The van der Waals surface area contributed by atoms with E-state index in [4.69, 9.17) is 5.11 Å². The maximum Gasteiger partial charge on any atom is 0.409 e. The van der Waals surface area contributed by atoms with Gasteiger partial charge >= 0.3 is 12.1 Å². The maximum atomic E-state index is 12.1. The molecular formula is C22H32F3NO3S. The summed E-state index contributed by atoms with van der Waals surface area (Å²) in [7, 11) is 0. The number of carboxylic acids is 1. The molecule has 0 aromatic carbocycles. The molecule has 2 N–H and O–H groups in total. The lowest BCUT2D eigenvalue weighted by Gasteiger charge is -2.12. The van der Waals surface area contributed by atoms with Gasteiger partial charge in [-0.1, -0.05) is 34.9 Å². The third kappa shape index (κ3) is 16.9. The summed E-state index contributed by atoms with van der Waals surface area (Å²) in [5.41, 5.74) is 3.86. The Labute approximate surface area is 181 Å². The third-order valence-corrected chi connectivity index (χ3v) is 4.97. The number of halogens is 3. The Bertz CT molecular complexity index is 676. The highest BCUT2D eigenvalue weighted by Crippen LogP contribution is 2.16. The first-order valence-electron chi connectivity index (χ1n) is 9.72. The van der Waals surface area contributed by atoms with Crippen molar-refractivity contribution in [2.45, 2.75) is 65.6 Å². The smallest absolute Gasteiger partial charge is 0.409 e. The monoisotopic (exact) mass is 447 g/mol. The lowest BCUT2D eigenvalue weighted by molar-refractivity contribution is -0.140. The molecule has 0 rings (SSSR count). The first kappa shape index (κ1) is 28.0. The highest BCUT2D eigenvalue weighted by atomic mass is 32.2. The lowest BCUT2D eigenvalue weighted by atomic mass is 10.1. The molecule has 0 aromatic heterocycles. The van der Waals surface area contributed by atoms with Crippen LogP contribution in [0.25, 0.3) is 0 Å². The molecule has 0 spiro atoms. The molecule has 0 radical (unpaired) electrons. The van der Waals surface area contributed by atoms with E-state index in [1.807, 2.05) is 13.0 Å². The highest BCUT2D eigenvalue weighted by molar-refractivity contribution is 7.99. The van der Waals surface area contributed by atoms with Gasteiger partial charge in [0.2, 0.25) is 5.91 Å². The Morgan fingerprint density at radius 3 is 2.10 bits per heavy atom. The van der Waals surface area contributed by atoms with Crippen LogP contribution in [0, 0.1) is 0 Å². The zero-order valence-corrected chi connectivity index (χ0v) is 18.8. The number of carboxylic acid groups (broad SMARTS) is 1. The van der Waals surface area contributed by atoms with E-state index in [-0.39, 0.29) is 11.8 Å². The summed E-state index contributed by atoms with van der Waals surface area (Å²) in [4.78, 5) is 22.6. The van der Waals surface area contributed by atoms with Crippen LogP contribution in [0.4, 0.5) is 13.2 Å². The average molecular weight is 448 g/mol. The van der Waals surface area contributed by atoms with Crippen LogP contribution in [-0.4, -0.2) is 40.7 Å². The molecule has 1 amide bonds. The van der Waals surface area contributed by atoms with Gasteiger partial charge in [0.05, 0.1) is 0 Å². The van der Waals surface area contributed by atoms with Gasteiger partial charge in [0, 0.05) is 23.7 Å². The minimum Gasteiger partial charge on any atom is -0.480 e. The van der Waals surface area contributed by atoms with Gasteiger partial charge in [-0.15, -0.1) is 0 Å². The molecule has 170 valence electrons. The Hall–Kier alpha value is -1.96. The second kappa shape index (κ2) is 14.9. The molecule has 30 heavy (non-hydrogen) atoms. The van der Waals surface area contributed by atoms with Gasteiger partial charge in [-0.3, -0.25) is 4.79 Å². The quantitative estimate of drug-likeness (QED) is 0.212. The fourth-order valence-electron chi connectivity index (χ4n) is 2.29. The fraction of sp³-hybridized carbons (Fsp3) is 0.545. The number of carbonyl (C=O) groups is 2. The summed E-state index contributed by atoms with van der Waals surface area (Å²) < 4.78 is 36.2. The van der Waals surface area contributed by atoms with Gasteiger partial charge in [0.1, 0.15) is 6.04 Å². The highest BCUT2D eigenvalue weighted by Gasteiger charge is 2.24. The van der Waals surface area contributed by atoms with Crippen molar-refractivity contribution in [3.8, 4) is 0 Å². The van der Waals surface area contributed by atoms with Crippen LogP contribution in [0.2, 0.25) is 0 Å².